The summed E-state index contributed by atoms with van der Waals surface area (Å²) in [6.07, 6.45) is -7.11. The second-order valence-electron chi connectivity index (χ2n) is 4.13. The van der Waals surface area contributed by atoms with Gasteiger partial charge in [0.15, 0.2) is 6.10 Å². The van der Waals surface area contributed by atoms with Crippen LogP contribution < -0.4 is 11.1 Å². The highest BCUT2D eigenvalue weighted by atomic mass is 19.4. The summed E-state index contributed by atoms with van der Waals surface area (Å²) in [6.45, 7) is 2.99. The Morgan fingerprint density at radius 2 is 2.00 bits per heavy atom. The predicted molar refractivity (Wildman–Crippen MR) is 61.1 cm³/mol. The normalized spacial score (nSPS) is 13.7. The van der Waals surface area contributed by atoms with Gasteiger partial charge in [0.1, 0.15) is 17.5 Å². The third-order valence-electron chi connectivity index (χ3n) is 2.13. The van der Waals surface area contributed by atoms with E-state index in [4.69, 9.17) is 10.8 Å². The molecule has 0 spiro atoms. The minimum absolute atomic E-state index is 0.00147. The lowest BCUT2D eigenvalue weighted by Crippen LogP contribution is -2.35. The van der Waals surface area contributed by atoms with Gasteiger partial charge in [0.25, 0.3) is 0 Å². The van der Waals surface area contributed by atoms with E-state index in [0.717, 1.165) is 0 Å². The van der Waals surface area contributed by atoms with Gasteiger partial charge < -0.3 is 16.2 Å². The molecule has 0 aliphatic rings. The van der Waals surface area contributed by atoms with Gasteiger partial charge in [-0.25, -0.2) is 9.97 Å². The smallest absolute Gasteiger partial charge is 0.384 e. The topological polar surface area (TPSA) is 84.1 Å². The minimum atomic E-state index is -4.66. The third-order valence-corrected chi connectivity index (χ3v) is 2.13. The zero-order valence-electron chi connectivity index (χ0n) is 9.99. The van der Waals surface area contributed by atoms with E-state index >= 15 is 0 Å². The summed E-state index contributed by atoms with van der Waals surface area (Å²) < 4.78 is 36.3. The third kappa shape index (κ3) is 4.02. The summed E-state index contributed by atoms with van der Waals surface area (Å²) in [5, 5.41) is 11.2. The summed E-state index contributed by atoms with van der Waals surface area (Å²) in [5.74, 6) is 0.757. The van der Waals surface area contributed by atoms with Crippen molar-refractivity contribution in [1.29, 1.82) is 0 Å². The summed E-state index contributed by atoms with van der Waals surface area (Å²) in [5.41, 5.74) is 5.51. The number of aliphatic hydroxyl groups is 1. The first kappa shape index (κ1) is 14.5. The van der Waals surface area contributed by atoms with E-state index in [1.54, 1.807) is 0 Å². The summed E-state index contributed by atoms with van der Waals surface area (Å²) in [6, 6.07) is 1.31. The van der Waals surface area contributed by atoms with Crippen molar-refractivity contribution in [1.82, 2.24) is 9.97 Å². The number of aromatic nitrogens is 2. The van der Waals surface area contributed by atoms with Crippen LogP contribution in [-0.2, 0) is 0 Å². The highest BCUT2D eigenvalue weighted by Gasteiger charge is 2.37. The van der Waals surface area contributed by atoms with Crippen LogP contribution in [0.1, 0.15) is 25.6 Å². The molecule has 0 bridgehead atoms. The summed E-state index contributed by atoms with van der Waals surface area (Å²) >= 11 is 0. The number of nitrogens with one attached hydrogen (secondary N) is 1. The molecule has 1 aromatic heterocycles. The van der Waals surface area contributed by atoms with Gasteiger partial charge in [-0.05, 0) is 0 Å². The molecule has 1 heterocycles. The number of nitrogens with two attached hydrogens (primary N) is 1. The van der Waals surface area contributed by atoms with Crippen LogP contribution in [0.25, 0.3) is 0 Å². The number of hydrogen-bond acceptors (Lipinski definition) is 5. The molecule has 0 aromatic carbocycles. The van der Waals surface area contributed by atoms with Gasteiger partial charge in [-0.15, -0.1) is 0 Å². The molecule has 0 amide bonds. The standard InChI is InChI=1S/C10H15F3N4O/c1-5(2)9-16-7(14)3-8(17-9)15-4-6(18)10(11,12)13/h3,5-6,18H,4H2,1-2H3,(H3,14,15,16,17). The van der Waals surface area contributed by atoms with Gasteiger partial charge in [-0.2, -0.15) is 13.2 Å². The van der Waals surface area contributed by atoms with Crippen molar-refractivity contribution in [3.63, 3.8) is 0 Å². The monoisotopic (exact) mass is 264 g/mol. The van der Waals surface area contributed by atoms with E-state index in [9.17, 15) is 13.2 Å². The fourth-order valence-corrected chi connectivity index (χ4v) is 1.15. The molecule has 0 saturated heterocycles. The molecular formula is C10H15F3N4O. The van der Waals surface area contributed by atoms with Crippen LogP contribution in [0.3, 0.4) is 0 Å². The fourth-order valence-electron chi connectivity index (χ4n) is 1.15. The lowest BCUT2D eigenvalue weighted by atomic mass is 10.2. The first-order valence-corrected chi connectivity index (χ1v) is 5.33. The first-order chi connectivity index (χ1) is 8.20. The lowest BCUT2D eigenvalue weighted by molar-refractivity contribution is -0.198. The maximum Gasteiger partial charge on any atom is 0.416 e. The highest BCUT2D eigenvalue weighted by molar-refractivity contribution is 5.45. The molecule has 8 heteroatoms. The Balaban J connectivity index is 2.73. The first-order valence-electron chi connectivity index (χ1n) is 5.33. The largest absolute Gasteiger partial charge is 0.416 e. The van der Waals surface area contributed by atoms with Crippen molar-refractivity contribution in [3.8, 4) is 0 Å². The van der Waals surface area contributed by atoms with E-state index < -0.39 is 18.8 Å². The average Bonchev–Trinajstić information content (AvgIpc) is 2.23. The van der Waals surface area contributed by atoms with E-state index in [1.807, 2.05) is 13.8 Å². The van der Waals surface area contributed by atoms with Crippen LogP contribution in [0, 0.1) is 0 Å². The van der Waals surface area contributed by atoms with Crippen LogP contribution in [0.2, 0.25) is 0 Å². The molecule has 102 valence electrons. The molecular weight excluding hydrogens is 249 g/mol. The van der Waals surface area contributed by atoms with Crippen LogP contribution in [-0.4, -0.2) is 33.9 Å². The second-order valence-corrected chi connectivity index (χ2v) is 4.13. The van der Waals surface area contributed by atoms with Crippen molar-refractivity contribution in [2.75, 3.05) is 17.6 Å². The van der Waals surface area contributed by atoms with E-state index in [2.05, 4.69) is 15.3 Å². The number of alkyl halides is 3. The Morgan fingerprint density at radius 1 is 1.39 bits per heavy atom. The average molecular weight is 264 g/mol. The zero-order chi connectivity index (χ0) is 13.9. The zero-order valence-corrected chi connectivity index (χ0v) is 9.99. The van der Waals surface area contributed by atoms with Crippen LogP contribution >= 0.6 is 0 Å². The number of nitrogens with zero attached hydrogens (tertiary/aromatic N) is 2. The van der Waals surface area contributed by atoms with Crippen molar-refractivity contribution < 1.29 is 18.3 Å². The van der Waals surface area contributed by atoms with Crippen LogP contribution in [0.15, 0.2) is 6.07 Å². The molecule has 1 aromatic rings. The highest BCUT2D eigenvalue weighted by Crippen LogP contribution is 2.21. The SMILES string of the molecule is CC(C)c1nc(N)cc(NCC(O)C(F)(F)F)n1. The van der Waals surface area contributed by atoms with Gasteiger partial charge in [0.2, 0.25) is 0 Å². The summed E-state index contributed by atoms with van der Waals surface area (Å²) in [7, 11) is 0. The maximum absolute atomic E-state index is 12.1. The van der Waals surface area contributed by atoms with Gasteiger partial charge >= 0.3 is 6.18 Å². The number of aliphatic hydroxyl groups excluding tert-OH is 1. The van der Waals surface area contributed by atoms with Gasteiger partial charge in [-0.1, -0.05) is 13.8 Å². The molecule has 0 aliphatic carbocycles. The van der Waals surface area contributed by atoms with Crippen molar-refractivity contribution in [2.45, 2.75) is 32.0 Å². The number of anilines is 2. The Hall–Kier alpha value is -1.57. The van der Waals surface area contributed by atoms with E-state index in [0.29, 0.717) is 5.82 Å². The molecule has 1 unspecified atom stereocenters. The van der Waals surface area contributed by atoms with Gasteiger partial charge in [-0.3, -0.25) is 0 Å². The second kappa shape index (κ2) is 5.38. The number of halogens is 3. The van der Waals surface area contributed by atoms with Crippen LogP contribution in [0.4, 0.5) is 24.8 Å². The Morgan fingerprint density at radius 3 is 2.50 bits per heavy atom. The number of rotatable bonds is 4. The van der Waals surface area contributed by atoms with Crippen molar-refractivity contribution in [2.24, 2.45) is 0 Å². The van der Waals surface area contributed by atoms with E-state index in [-0.39, 0.29) is 17.6 Å². The van der Waals surface area contributed by atoms with Gasteiger partial charge in [0, 0.05) is 12.0 Å². The predicted octanol–water partition coefficient (Wildman–Crippen LogP) is 1.52. The molecule has 4 N–H and O–H groups in total. The Kier molecular flexibility index (Phi) is 4.33. The molecule has 0 saturated carbocycles. The number of hydrogen-bond donors (Lipinski definition) is 3. The molecule has 18 heavy (non-hydrogen) atoms. The molecule has 0 radical (unpaired) electrons. The molecule has 1 rings (SSSR count). The lowest BCUT2D eigenvalue weighted by Gasteiger charge is -2.16. The van der Waals surface area contributed by atoms with E-state index in [1.165, 1.54) is 6.07 Å². The van der Waals surface area contributed by atoms with Crippen LogP contribution in [0.5, 0.6) is 0 Å². The quantitative estimate of drug-likeness (QED) is 0.767. The van der Waals surface area contributed by atoms with Gasteiger partial charge in [0.05, 0.1) is 6.54 Å². The number of nitrogen functional groups attached to an aromatic ring is 1. The Bertz CT molecular complexity index is 409. The maximum atomic E-state index is 12.1. The molecule has 5 nitrogen and oxygen atoms in total. The van der Waals surface area contributed by atoms with Crippen molar-refractivity contribution >= 4 is 11.6 Å². The molecule has 0 aliphatic heterocycles. The summed E-state index contributed by atoms with van der Waals surface area (Å²) in [4.78, 5) is 7.96. The van der Waals surface area contributed by atoms with Crippen molar-refractivity contribution in [3.05, 3.63) is 11.9 Å². The minimum Gasteiger partial charge on any atom is -0.384 e. The molecule has 0 fully saturated rings. The molecule has 1 atom stereocenters. The fraction of sp³-hybridized carbons (Fsp3) is 0.600. The Labute approximate surface area is 102 Å².